The number of nitrogens with one attached hydrogen (secondary N) is 1. The Hall–Kier alpha value is -4.54. The molecule has 30 heavy (non-hydrogen) atoms. The van der Waals surface area contributed by atoms with Crippen molar-refractivity contribution in [2.24, 2.45) is 0 Å². The van der Waals surface area contributed by atoms with Gasteiger partial charge >= 0.3 is 0 Å². The lowest BCUT2D eigenvalue weighted by Gasteiger charge is -2.10. The number of aromatic nitrogens is 2. The number of benzene rings is 4. The molecule has 6 rings (SSSR count). The Bertz CT molecular complexity index is 1650. The van der Waals surface area contributed by atoms with Crippen molar-refractivity contribution < 1.29 is 0 Å². The van der Waals surface area contributed by atoms with Crippen molar-refractivity contribution >= 4 is 43.6 Å². The molecule has 0 atom stereocenters. The smallest absolute Gasteiger partial charge is 0.101 e. The fourth-order valence-electron chi connectivity index (χ4n) is 4.53. The van der Waals surface area contributed by atoms with Crippen molar-refractivity contribution in [2.45, 2.75) is 0 Å². The van der Waals surface area contributed by atoms with Crippen molar-refractivity contribution in [3.8, 4) is 17.8 Å². The molecule has 1 N–H and O–H groups in total. The predicted octanol–water partition coefficient (Wildman–Crippen LogP) is 6.16. The van der Waals surface area contributed by atoms with Gasteiger partial charge in [-0.2, -0.15) is 10.5 Å². The van der Waals surface area contributed by atoms with Crippen molar-refractivity contribution in [1.29, 1.82) is 10.5 Å². The average molecular weight is 382 g/mol. The zero-order valence-corrected chi connectivity index (χ0v) is 15.8. The van der Waals surface area contributed by atoms with Crippen LogP contribution in [0.15, 0.2) is 78.9 Å². The molecule has 4 nitrogen and oxygen atoms in total. The molecule has 4 aromatic carbocycles. The maximum absolute atomic E-state index is 9.81. The van der Waals surface area contributed by atoms with Crippen molar-refractivity contribution in [2.75, 3.05) is 0 Å². The van der Waals surface area contributed by atoms with Crippen molar-refractivity contribution in [1.82, 2.24) is 9.55 Å². The van der Waals surface area contributed by atoms with Gasteiger partial charge in [0.1, 0.15) is 12.1 Å². The van der Waals surface area contributed by atoms with E-state index in [0.29, 0.717) is 11.1 Å². The quantitative estimate of drug-likeness (QED) is 0.370. The Labute approximate surface area is 171 Å². The van der Waals surface area contributed by atoms with Gasteiger partial charge in [-0.25, -0.2) is 0 Å². The van der Waals surface area contributed by atoms with E-state index in [4.69, 9.17) is 0 Å². The third-order valence-corrected chi connectivity index (χ3v) is 5.80. The summed E-state index contributed by atoms with van der Waals surface area (Å²) in [6.45, 7) is 0. The molecular weight excluding hydrogens is 368 g/mol. The number of hydrogen-bond donors (Lipinski definition) is 1. The van der Waals surface area contributed by atoms with E-state index in [9.17, 15) is 10.5 Å². The SMILES string of the molecule is N#Cc1cccc2c3cccc(C#N)c3n(-c3ccc4[nH]c5ccccc5c4c3)c12. The topological polar surface area (TPSA) is 68.3 Å². The number of aromatic amines is 1. The van der Waals surface area contributed by atoms with Gasteiger partial charge in [-0.15, -0.1) is 0 Å². The van der Waals surface area contributed by atoms with Crippen LogP contribution in [0.3, 0.4) is 0 Å². The molecule has 0 aliphatic heterocycles. The summed E-state index contributed by atoms with van der Waals surface area (Å²) in [6, 6.07) is 30.6. The van der Waals surface area contributed by atoms with Crippen LogP contribution in [0.4, 0.5) is 0 Å². The number of fused-ring (bicyclic) bond motifs is 6. The third-order valence-electron chi connectivity index (χ3n) is 5.80. The first-order valence-corrected chi connectivity index (χ1v) is 9.67. The fraction of sp³-hybridized carbons (Fsp3) is 0. The highest BCUT2D eigenvalue weighted by Crippen LogP contribution is 2.37. The van der Waals surface area contributed by atoms with E-state index >= 15 is 0 Å². The first-order valence-electron chi connectivity index (χ1n) is 9.67. The lowest BCUT2D eigenvalue weighted by Crippen LogP contribution is -1.97. The molecule has 0 saturated carbocycles. The van der Waals surface area contributed by atoms with Crippen LogP contribution in [-0.4, -0.2) is 9.55 Å². The van der Waals surface area contributed by atoms with E-state index in [1.807, 2.05) is 54.6 Å². The van der Waals surface area contributed by atoms with E-state index in [2.05, 4.69) is 46.0 Å². The summed E-state index contributed by atoms with van der Waals surface area (Å²) in [5, 5.41) is 23.8. The minimum Gasteiger partial charge on any atom is -0.355 e. The zero-order valence-electron chi connectivity index (χ0n) is 15.8. The van der Waals surface area contributed by atoms with Crippen LogP contribution >= 0.6 is 0 Å². The van der Waals surface area contributed by atoms with Crippen LogP contribution in [0.1, 0.15) is 11.1 Å². The molecule has 138 valence electrons. The van der Waals surface area contributed by atoms with Gasteiger partial charge in [-0.1, -0.05) is 42.5 Å². The first-order chi connectivity index (χ1) is 14.8. The lowest BCUT2D eigenvalue weighted by molar-refractivity contribution is 1.18. The van der Waals surface area contributed by atoms with Gasteiger partial charge in [0.2, 0.25) is 0 Å². The summed E-state index contributed by atoms with van der Waals surface area (Å²) >= 11 is 0. The normalized spacial score (nSPS) is 11.3. The highest BCUT2D eigenvalue weighted by atomic mass is 15.0. The molecule has 0 amide bonds. The molecule has 0 bridgehead atoms. The van der Waals surface area contributed by atoms with Gasteiger partial charge in [-0.3, -0.25) is 0 Å². The van der Waals surface area contributed by atoms with Crippen LogP contribution in [0.25, 0.3) is 49.3 Å². The van der Waals surface area contributed by atoms with Crippen LogP contribution in [-0.2, 0) is 0 Å². The second-order valence-electron chi connectivity index (χ2n) is 7.36. The number of H-pyrrole nitrogens is 1. The van der Waals surface area contributed by atoms with Gasteiger partial charge in [0.05, 0.1) is 22.2 Å². The highest BCUT2D eigenvalue weighted by Gasteiger charge is 2.18. The average Bonchev–Trinajstić information content (AvgIpc) is 3.34. The molecule has 4 heteroatoms. The Morgan fingerprint density at radius 1 is 0.600 bits per heavy atom. The standard InChI is InChI=1S/C26H14N4/c27-14-16-5-3-8-20-21-9-4-6-17(15-28)26(21)30(25(16)20)18-11-12-24-22(13-18)19-7-1-2-10-23(19)29-24/h1-13,29H. The molecular formula is C26H14N4. The Kier molecular flexibility index (Phi) is 3.27. The van der Waals surface area contributed by atoms with Gasteiger partial charge in [-0.05, 0) is 36.4 Å². The van der Waals surface area contributed by atoms with Gasteiger partial charge in [0.15, 0.2) is 0 Å². The Morgan fingerprint density at radius 3 is 1.87 bits per heavy atom. The zero-order chi connectivity index (χ0) is 20.2. The summed E-state index contributed by atoms with van der Waals surface area (Å²) in [5.74, 6) is 0. The molecule has 2 heterocycles. The summed E-state index contributed by atoms with van der Waals surface area (Å²) in [4.78, 5) is 3.46. The van der Waals surface area contributed by atoms with Crippen molar-refractivity contribution in [3.05, 3.63) is 90.0 Å². The number of nitriles is 2. The highest BCUT2D eigenvalue weighted by molar-refractivity contribution is 6.13. The van der Waals surface area contributed by atoms with E-state index in [0.717, 1.165) is 49.3 Å². The predicted molar refractivity (Wildman–Crippen MR) is 120 cm³/mol. The summed E-state index contributed by atoms with van der Waals surface area (Å²) in [5.41, 5.74) is 5.91. The first kappa shape index (κ1) is 16.4. The molecule has 2 aromatic heterocycles. The maximum Gasteiger partial charge on any atom is 0.101 e. The molecule has 0 aliphatic carbocycles. The molecule has 0 fully saturated rings. The number of para-hydroxylation sites is 3. The Morgan fingerprint density at radius 2 is 1.20 bits per heavy atom. The van der Waals surface area contributed by atoms with E-state index in [-0.39, 0.29) is 0 Å². The summed E-state index contributed by atoms with van der Waals surface area (Å²) in [6.07, 6.45) is 0. The molecule has 0 radical (unpaired) electrons. The lowest BCUT2D eigenvalue weighted by atomic mass is 10.1. The van der Waals surface area contributed by atoms with E-state index < -0.39 is 0 Å². The van der Waals surface area contributed by atoms with Crippen molar-refractivity contribution in [3.63, 3.8) is 0 Å². The minimum atomic E-state index is 0.589. The Balaban J connectivity index is 1.83. The van der Waals surface area contributed by atoms with E-state index in [1.165, 1.54) is 0 Å². The van der Waals surface area contributed by atoms with Gasteiger partial charge in [0.25, 0.3) is 0 Å². The molecule has 0 unspecified atom stereocenters. The van der Waals surface area contributed by atoms with Gasteiger partial charge < -0.3 is 9.55 Å². The number of hydrogen-bond acceptors (Lipinski definition) is 2. The molecule has 0 spiro atoms. The van der Waals surface area contributed by atoms with Gasteiger partial charge in [0, 0.05) is 38.3 Å². The second-order valence-corrected chi connectivity index (χ2v) is 7.36. The fourth-order valence-corrected chi connectivity index (χ4v) is 4.53. The molecule has 0 saturated heterocycles. The van der Waals surface area contributed by atoms with E-state index in [1.54, 1.807) is 0 Å². The summed E-state index contributed by atoms with van der Waals surface area (Å²) < 4.78 is 2.06. The molecule has 6 aromatic rings. The van der Waals surface area contributed by atoms with Crippen LogP contribution in [0, 0.1) is 22.7 Å². The van der Waals surface area contributed by atoms with Crippen LogP contribution < -0.4 is 0 Å². The number of rotatable bonds is 1. The maximum atomic E-state index is 9.81. The summed E-state index contributed by atoms with van der Waals surface area (Å²) in [7, 11) is 0. The van der Waals surface area contributed by atoms with Crippen LogP contribution in [0.5, 0.6) is 0 Å². The number of nitrogens with zero attached hydrogens (tertiary/aromatic N) is 3. The third kappa shape index (κ3) is 2.08. The second kappa shape index (κ2) is 5.98. The van der Waals surface area contributed by atoms with Crippen LogP contribution in [0.2, 0.25) is 0 Å². The minimum absolute atomic E-state index is 0.589. The molecule has 0 aliphatic rings. The monoisotopic (exact) mass is 382 g/mol. The largest absolute Gasteiger partial charge is 0.355 e.